The van der Waals surface area contributed by atoms with Gasteiger partial charge in [0, 0.05) is 12.1 Å². The van der Waals surface area contributed by atoms with Crippen LogP contribution in [0.15, 0.2) is 41.3 Å². The van der Waals surface area contributed by atoms with Gasteiger partial charge in [-0.2, -0.15) is 0 Å². The maximum atomic E-state index is 12.8. The number of hydrogen-bond donors (Lipinski definition) is 0. The van der Waals surface area contributed by atoms with Gasteiger partial charge in [-0.15, -0.1) is 0 Å². The summed E-state index contributed by atoms with van der Waals surface area (Å²) >= 11 is 2.84. The minimum Gasteiger partial charge on any atom is -0.490 e. The Hall–Kier alpha value is -3.13. The molecule has 0 N–H and O–H groups in total. The fourth-order valence-corrected chi connectivity index (χ4v) is 4.86. The molecule has 10 nitrogen and oxygen atoms in total. The van der Waals surface area contributed by atoms with Crippen LogP contribution in [0.4, 0.5) is 10.5 Å². The lowest BCUT2D eigenvalue weighted by Gasteiger charge is -2.15. The number of benzene rings is 2. The molecule has 37 heavy (non-hydrogen) atoms. The molecule has 0 unspecified atom stereocenters. The predicted molar refractivity (Wildman–Crippen MR) is 146 cm³/mol. The van der Waals surface area contributed by atoms with Crippen LogP contribution in [0.3, 0.4) is 0 Å². The molecule has 1 aliphatic rings. The standard InChI is InChI=1S/C25H25IN2O8S/c1-3-5-10-35-22(29)14-27-24(30)21(37-25(27)31)13-17-11-19(26)23(20(12-17)34-4-2)36-15-16-6-8-18(9-7-16)28(32)33/h6-9,11-13H,3-5,10,14-15H2,1-2H3/b21-13+. The smallest absolute Gasteiger partial charge is 0.326 e. The van der Waals surface area contributed by atoms with E-state index < -0.39 is 28.6 Å². The van der Waals surface area contributed by atoms with Crippen molar-refractivity contribution in [1.82, 2.24) is 4.90 Å². The number of thioether (sulfide) groups is 1. The van der Waals surface area contributed by atoms with Crippen LogP contribution >= 0.6 is 34.4 Å². The summed E-state index contributed by atoms with van der Waals surface area (Å²) in [6.45, 7) is 4.14. The normalized spacial score (nSPS) is 14.2. The second-order valence-electron chi connectivity index (χ2n) is 7.82. The van der Waals surface area contributed by atoms with Crippen LogP contribution in [0.5, 0.6) is 11.5 Å². The highest BCUT2D eigenvalue weighted by atomic mass is 127. The van der Waals surface area contributed by atoms with E-state index in [4.69, 9.17) is 14.2 Å². The molecule has 0 atom stereocenters. The molecule has 1 fully saturated rings. The molecule has 1 saturated heterocycles. The average molecular weight is 640 g/mol. The Morgan fingerprint density at radius 2 is 1.89 bits per heavy atom. The molecule has 12 heteroatoms. The zero-order valence-electron chi connectivity index (χ0n) is 20.2. The first-order chi connectivity index (χ1) is 17.7. The van der Waals surface area contributed by atoms with Crippen LogP contribution in [0.25, 0.3) is 6.08 Å². The maximum Gasteiger partial charge on any atom is 0.326 e. The lowest BCUT2D eigenvalue weighted by Crippen LogP contribution is -2.34. The molecule has 0 bridgehead atoms. The van der Waals surface area contributed by atoms with Crippen LogP contribution in [0.1, 0.15) is 37.8 Å². The van der Waals surface area contributed by atoms with Gasteiger partial charge in [0.05, 0.1) is 26.6 Å². The second kappa shape index (κ2) is 13.4. The number of halogens is 1. The Labute approximate surface area is 231 Å². The summed E-state index contributed by atoms with van der Waals surface area (Å²) < 4.78 is 17.5. The Morgan fingerprint density at radius 3 is 2.54 bits per heavy atom. The van der Waals surface area contributed by atoms with Gasteiger partial charge < -0.3 is 14.2 Å². The van der Waals surface area contributed by atoms with Crippen molar-refractivity contribution in [3.8, 4) is 11.5 Å². The van der Waals surface area contributed by atoms with E-state index in [2.05, 4.69) is 22.6 Å². The van der Waals surface area contributed by atoms with E-state index in [0.717, 1.165) is 28.6 Å². The van der Waals surface area contributed by atoms with Crippen LogP contribution in [0.2, 0.25) is 0 Å². The van der Waals surface area contributed by atoms with E-state index in [1.54, 1.807) is 30.3 Å². The highest BCUT2D eigenvalue weighted by Crippen LogP contribution is 2.38. The summed E-state index contributed by atoms with van der Waals surface area (Å²) in [6.07, 6.45) is 3.14. The highest BCUT2D eigenvalue weighted by molar-refractivity contribution is 14.1. The van der Waals surface area contributed by atoms with E-state index in [-0.39, 0.29) is 23.8 Å². The molecular weight excluding hydrogens is 615 g/mol. The van der Waals surface area contributed by atoms with Crippen molar-refractivity contribution in [1.29, 1.82) is 0 Å². The number of nitro benzene ring substituents is 1. The molecule has 2 aromatic carbocycles. The maximum absolute atomic E-state index is 12.8. The SMILES string of the molecule is CCCCOC(=O)CN1C(=O)S/C(=C/c2cc(I)c(OCc3ccc([N+](=O)[O-])cc3)c(OCC)c2)C1=O. The van der Waals surface area contributed by atoms with Crippen LogP contribution in [-0.4, -0.2) is 46.7 Å². The lowest BCUT2D eigenvalue weighted by atomic mass is 10.1. The first kappa shape index (κ1) is 28.4. The van der Waals surface area contributed by atoms with Crippen molar-refractivity contribution in [3.63, 3.8) is 0 Å². The molecule has 0 spiro atoms. The average Bonchev–Trinajstić information content (AvgIpc) is 3.11. The molecule has 2 aromatic rings. The number of carbonyl (C=O) groups excluding carboxylic acids is 3. The van der Waals surface area contributed by atoms with Gasteiger partial charge in [0.25, 0.3) is 16.8 Å². The van der Waals surface area contributed by atoms with Crippen molar-refractivity contribution < 1.29 is 33.5 Å². The fourth-order valence-electron chi connectivity index (χ4n) is 3.24. The summed E-state index contributed by atoms with van der Waals surface area (Å²) in [7, 11) is 0. The second-order valence-corrected chi connectivity index (χ2v) is 9.97. The van der Waals surface area contributed by atoms with Crippen molar-refractivity contribution in [2.45, 2.75) is 33.3 Å². The van der Waals surface area contributed by atoms with Gasteiger partial charge in [-0.05, 0) is 89.2 Å². The van der Waals surface area contributed by atoms with Gasteiger partial charge in [-0.3, -0.25) is 29.4 Å². The third-order valence-electron chi connectivity index (χ3n) is 5.08. The molecule has 0 saturated carbocycles. The minimum absolute atomic E-state index is 0.00418. The molecule has 1 aliphatic heterocycles. The number of nitrogens with zero attached hydrogens (tertiary/aromatic N) is 2. The van der Waals surface area contributed by atoms with E-state index in [1.807, 2.05) is 13.8 Å². The molecule has 196 valence electrons. The molecule has 3 rings (SSSR count). The molecule has 0 radical (unpaired) electrons. The number of hydrogen-bond acceptors (Lipinski definition) is 9. The highest BCUT2D eigenvalue weighted by Gasteiger charge is 2.36. The number of carbonyl (C=O) groups is 3. The molecule has 0 aliphatic carbocycles. The third kappa shape index (κ3) is 7.68. The lowest BCUT2D eigenvalue weighted by molar-refractivity contribution is -0.384. The van der Waals surface area contributed by atoms with Crippen molar-refractivity contribution in [2.75, 3.05) is 19.8 Å². The largest absolute Gasteiger partial charge is 0.490 e. The monoisotopic (exact) mass is 640 g/mol. The number of non-ortho nitro benzene ring substituents is 1. The Morgan fingerprint density at radius 1 is 1.16 bits per heavy atom. The first-order valence-corrected chi connectivity index (χ1v) is 13.4. The fraction of sp³-hybridized carbons (Fsp3) is 0.320. The zero-order valence-corrected chi connectivity index (χ0v) is 23.2. The van der Waals surface area contributed by atoms with E-state index in [1.165, 1.54) is 12.1 Å². The van der Waals surface area contributed by atoms with Gasteiger partial charge in [0.15, 0.2) is 11.5 Å². The number of imide groups is 1. The number of unbranched alkanes of at least 4 members (excludes halogenated alkanes) is 1. The number of esters is 1. The van der Waals surface area contributed by atoms with Crippen molar-refractivity contribution in [3.05, 3.63) is 66.1 Å². The summed E-state index contributed by atoms with van der Waals surface area (Å²) in [4.78, 5) is 48.6. The Kier molecular flexibility index (Phi) is 10.3. The molecule has 2 amide bonds. The van der Waals surface area contributed by atoms with Gasteiger partial charge in [-0.1, -0.05) is 13.3 Å². The van der Waals surface area contributed by atoms with Gasteiger partial charge in [0.2, 0.25) is 0 Å². The molecule has 0 aromatic heterocycles. The Balaban J connectivity index is 1.75. The van der Waals surface area contributed by atoms with Gasteiger partial charge in [-0.25, -0.2) is 0 Å². The summed E-state index contributed by atoms with van der Waals surface area (Å²) in [5, 5.41) is 10.3. The molecular formula is C25H25IN2O8S. The van der Waals surface area contributed by atoms with E-state index >= 15 is 0 Å². The van der Waals surface area contributed by atoms with Crippen LogP contribution in [-0.2, 0) is 20.9 Å². The van der Waals surface area contributed by atoms with Gasteiger partial charge >= 0.3 is 5.97 Å². The zero-order chi connectivity index (χ0) is 26.9. The number of nitro groups is 1. The third-order valence-corrected chi connectivity index (χ3v) is 6.79. The van der Waals surface area contributed by atoms with Crippen LogP contribution < -0.4 is 9.47 Å². The van der Waals surface area contributed by atoms with Crippen molar-refractivity contribution in [2.24, 2.45) is 0 Å². The predicted octanol–water partition coefficient (Wildman–Crippen LogP) is 5.56. The molecule has 1 heterocycles. The number of ether oxygens (including phenoxy) is 3. The van der Waals surface area contributed by atoms with Gasteiger partial charge in [0.1, 0.15) is 13.2 Å². The first-order valence-electron chi connectivity index (χ1n) is 11.5. The topological polar surface area (TPSA) is 125 Å². The summed E-state index contributed by atoms with van der Waals surface area (Å²) in [5.74, 6) is -0.254. The summed E-state index contributed by atoms with van der Waals surface area (Å²) in [5.41, 5.74) is 1.36. The Bertz CT molecular complexity index is 1220. The van der Waals surface area contributed by atoms with E-state index in [9.17, 15) is 24.5 Å². The number of rotatable bonds is 12. The van der Waals surface area contributed by atoms with Crippen molar-refractivity contribution >= 4 is 63.2 Å². The number of amides is 2. The quantitative estimate of drug-likeness (QED) is 0.0733. The van der Waals surface area contributed by atoms with E-state index in [0.29, 0.717) is 33.7 Å². The van der Waals surface area contributed by atoms with Crippen LogP contribution in [0, 0.1) is 13.7 Å². The minimum atomic E-state index is -0.625. The summed E-state index contributed by atoms with van der Waals surface area (Å²) in [6, 6.07) is 9.54.